The van der Waals surface area contributed by atoms with Gasteiger partial charge in [-0.2, -0.15) is 13.2 Å². The first kappa shape index (κ1) is 21.3. The van der Waals surface area contributed by atoms with Crippen LogP contribution in [-0.4, -0.2) is 12.2 Å². The second kappa shape index (κ2) is 7.81. The molecule has 1 aliphatic rings. The molecule has 0 saturated carbocycles. The van der Waals surface area contributed by atoms with Gasteiger partial charge in [0.15, 0.2) is 5.43 Å². The summed E-state index contributed by atoms with van der Waals surface area (Å²) in [6.07, 6.45) is -2.66. The number of hydrogen-bond acceptors (Lipinski definition) is 4. The Morgan fingerprint density at radius 1 is 0.939 bits per heavy atom. The van der Waals surface area contributed by atoms with Crippen LogP contribution in [0.25, 0.3) is 11.0 Å². The summed E-state index contributed by atoms with van der Waals surface area (Å²) >= 11 is 1.53. The third-order valence-electron chi connectivity index (χ3n) is 5.66. The van der Waals surface area contributed by atoms with Gasteiger partial charge in [-0.15, -0.1) is 11.8 Å². The Morgan fingerprint density at radius 2 is 1.67 bits per heavy atom. The molecule has 1 aliphatic heterocycles. The Hall–Kier alpha value is -3.52. The van der Waals surface area contributed by atoms with Gasteiger partial charge < -0.3 is 4.42 Å². The summed E-state index contributed by atoms with van der Waals surface area (Å²) < 4.78 is 46.0. The van der Waals surface area contributed by atoms with Crippen molar-refractivity contribution in [2.45, 2.75) is 17.1 Å². The van der Waals surface area contributed by atoms with E-state index < -0.39 is 23.7 Å². The number of alkyl halides is 3. The van der Waals surface area contributed by atoms with E-state index in [1.807, 2.05) is 18.4 Å². The second-order valence-corrected chi connectivity index (χ2v) is 8.45. The number of thioether (sulfide) groups is 1. The Bertz CT molecular complexity index is 1440. The number of para-hydroxylation sites is 1. The van der Waals surface area contributed by atoms with Crippen LogP contribution in [0.15, 0.2) is 86.9 Å². The number of nitrogens with zero attached hydrogens (tertiary/aromatic N) is 1. The number of halogens is 3. The van der Waals surface area contributed by atoms with Crippen LogP contribution in [0.1, 0.15) is 33.3 Å². The monoisotopic (exact) mass is 467 g/mol. The van der Waals surface area contributed by atoms with Crippen molar-refractivity contribution < 1.29 is 22.4 Å². The third kappa shape index (κ3) is 3.51. The van der Waals surface area contributed by atoms with E-state index in [0.29, 0.717) is 10.9 Å². The molecule has 0 saturated heterocycles. The Labute approximate surface area is 190 Å². The molecular weight excluding hydrogens is 451 g/mol. The SMILES string of the molecule is CSc1ccc(C2c3c(oc4ccccc4c3=O)C(=O)N2c2cccc(C(F)(F)F)c2)cc1. The molecule has 1 amide bonds. The molecule has 0 spiro atoms. The van der Waals surface area contributed by atoms with E-state index in [4.69, 9.17) is 4.42 Å². The van der Waals surface area contributed by atoms with Crippen LogP contribution < -0.4 is 10.3 Å². The molecule has 8 heteroatoms. The normalized spacial score (nSPS) is 15.8. The largest absolute Gasteiger partial charge is 0.450 e. The molecule has 0 fully saturated rings. The summed E-state index contributed by atoms with van der Waals surface area (Å²) in [7, 11) is 0. The van der Waals surface area contributed by atoms with Crippen molar-refractivity contribution in [2.75, 3.05) is 11.2 Å². The summed E-state index contributed by atoms with van der Waals surface area (Å²) in [5.74, 6) is -0.818. The molecule has 0 aliphatic carbocycles. The lowest BCUT2D eigenvalue weighted by atomic mass is 9.98. The van der Waals surface area contributed by atoms with E-state index >= 15 is 0 Å². The minimum absolute atomic E-state index is 0.0311. The maximum Gasteiger partial charge on any atom is 0.416 e. The van der Waals surface area contributed by atoms with Crippen molar-refractivity contribution in [1.82, 2.24) is 0 Å². The minimum atomic E-state index is -4.58. The van der Waals surface area contributed by atoms with Crippen LogP contribution in [0.5, 0.6) is 0 Å². The lowest BCUT2D eigenvalue weighted by Gasteiger charge is -2.26. The molecule has 0 radical (unpaired) electrons. The van der Waals surface area contributed by atoms with Crippen LogP contribution >= 0.6 is 11.8 Å². The summed E-state index contributed by atoms with van der Waals surface area (Å²) in [6, 6.07) is 17.4. The summed E-state index contributed by atoms with van der Waals surface area (Å²) in [5, 5.41) is 0.306. The molecule has 2 heterocycles. The molecule has 0 bridgehead atoms. The molecule has 1 atom stereocenters. The lowest BCUT2D eigenvalue weighted by molar-refractivity contribution is -0.137. The topological polar surface area (TPSA) is 50.5 Å². The highest BCUT2D eigenvalue weighted by Gasteiger charge is 2.44. The fourth-order valence-electron chi connectivity index (χ4n) is 4.12. The van der Waals surface area contributed by atoms with Crippen LogP contribution in [0.4, 0.5) is 18.9 Å². The number of carbonyl (C=O) groups is 1. The lowest BCUT2D eigenvalue weighted by Crippen LogP contribution is -2.29. The van der Waals surface area contributed by atoms with Gasteiger partial charge in [0.1, 0.15) is 5.58 Å². The van der Waals surface area contributed by atoms with Crippen LogP contribution in [0.3, 0.4) is 0 Å². The zero-order valence-electron chi connectivity index (χ0n) is 17.2. The fourth-order valence-corrected chi connectivity index (χ4v) is 4.53. The molecular formula is C25H16F3NO3S. The predicted molar refractivity (Wildman–Crippen MR) is 121 cm³/mol. The van der Waals surface area contributed by atoms with Crippen molar-refractivity contribution in [3.05, 3.63) is 105 Å². The highest BCUT2D eigenvalue weighted by atomic mass is 32.2. The first-order chi connectivity index (χ1) is 15.8. The van der Waals surface area contributed by atoms with Gasteiger partial charge in [-0.25, -0.2) is 0 Å². The van der Waals surface area contributed by atoms with E-state index in [9.17, 15) is 22.8 Å². The number of anilines is 1. The van der Waals surface area contributed by atoms with Crippen LogP contribution in [0.2, 0.25) is 0 Å². The molecule has 3 aromatic carbocycles. The van der Waals surface area contributed by atoms with Gasteiger partial charge >= 0.3 is 6.18 Å². The second-order valence-electron chi connectivity index (χ2n) is 7.57. The third-order valence-corrected chi connectivity index (χ3v) is 6.40. The molecule has 0 N–H and O–H groups in total. The van der Waals surface area contributed by atoms with Gasteiger partial charge in [-0.1, -0.05) is 30.3 Å². The van der Waals surface area contributed by atoms with E-state index in [1.165, 1.54) is 28.8 Å². The number of carbonyl (C=O) groups excluding carboxylic acids is 1. The summed E-state index contributed by atoms with van der Waals surface area (Å²) in [5.41, 5.74) is -0.271. The number of amides is 1. The quantitative estimate of drug-likeness (QED) is 0.333. The van der Waals surface area contributed by atoms with Crippen molar-refractivity contribution in [2.24, 2.45) is 0 Å². The highest BCUT2D eigenvalue weighted by molar-refractivity contribution is 7.98. The van der Waals surface area contributed by atoms with E-state index in [1.54, 1.807) is 36.4 Å². The van der Waals surface area contributed by atoms with Crippen LogP contribution in [-0.2, 0) is 6.18 Å². The first-order valence-electron chi connectivity index (χ1n) is 10.00. The zero-order chi connectivity index (χ0) is 23.3. The van der Waals surface area contributed by atoms with Crippen LogP contribution in [0, 0.1) is 0 Å². The Balaban J connectivity index is 1.77. The summed E-state index contributed by atoms with van der Waals surface area (Å²) in [4.78, 5) is 29.1. The van der Waals surface area contributed by atoms with Crippen molar-refractivity contribution in [3.63, 3.8) is 0 Å². The average molecular weight is 467 g/mol. The van der Waals surface area contributed by atoms with Gasteiger partial charge in [0, 0.05) is 10.6 Å². The number of rotatable bonds is 3. The number of benzene rings is 3. The maximum atomic E-state index is 13.5. The van der Waals surface area contributed by atoms with Gasteiger partial charge in [0.2, 0.25) is 5.76 Å². The molecule has 1 unspecified atom stereocenters. The number of fused-ring (bicyclic) bond motifs is 2. The van der Waals surface area contributed by atoms with Gasteiger partial charge in [0.25, 0.3) is 5.91 Å². The van der Waals surface area contributed by atoms with E-state index in [0.717, 1.165) is 17.0 Å². The molecule has 1 aromatic heterocycles. The average Bonchev–Trinajstić information content (AvgIpc) is 3.11. The van der Waals surface area contributed by atoms with Gasteiger partial charge in [-0.3, -0.25) is 14.5 Å². The summed E-state index contributed by atoms with van der Waals surface area (Å²) in [6.45, 7) is 0. The smallest absolute Gasteiger partial charge is 0.416 e. The standard InChI is InChI=1S/C25H16F3NO3S/c1-33-17-11-9-14(10-12-17)21-20-22(30)18-7-2-3-8-19(18)32-23(20)24(31)29(21)16-6-4-5-15(13-16)25(26,27)28/h2-13,21H,1H3. The Morgan fingerprint density at radius 3 is 2.36 bits per heavy atom. The Kier molecular flexibility index (Phi) is 5.05. The maximum absolute atomic E-state index is 13.5. The first-order valence-corrected chi connectivity index (χ1v) is 11.2. The molecule has 166 valence electrons. The molecule has 5 rings (SSSR count). The van der Waals surface area contributed by atoms with Crippen molar-refractivity contribution in [3.8, 4) is 0 Å². The minimum Gasteiger partial charge on any atom is -0.450 e. The predicted octanol–water partition coefficient (Wildman–Crippen LogP) is 6.28. The number of hydrogen-bond donors (Lipinski definition) is 0. The van der Waals surface area contributed by atoms with Gasteiger partial charge in [0.05, 0.1) is 22.6 Å². The van der Waals surface area contributed by atoms with Crippen molar-refractivity contribution in [1.29, 1.82) is 0 Å². The van der Waals surface area contributed by atoms with E-state index in [2.05, 4.69) is 0 Å². The molecule has 4 nitrogen and oxygen atoms in total. The fraction of sp³-hybridized carbons (Fsp3) is 0.120. The molecule has 4 aromatic rings. The van der Waals surface area contributed by atoms with Gasteiger partial charge in [-0.05, 0) is 54.3 Å². The zero-order valence-corrected chi connectivity index (χ0v) is 18.0. The van der Waals surface area contributed by atoms with Crippen molar-refractivity contribution >= 4 is 34.3 Å². The molecule has 33 heavy (non-hydrogen) atoms. The van der Waals surface area contributed by atoms with E-state index in [-0.39, 0.29) is 28.0 Å². The highest BCUT2D eigenvalue weighted by Crippen LogP contribution is 2.42.